The predicted molar refractivity (Wildman–Crippen MR) is 129 cm³/mol. The second-order valence-electron chi connectivity index (χ2n) is 7.99. The minimum atomic E-state index is 0.891. The number of fused-ring (bicyclic) bond motifs is 7. The van der Waals surface area contributed by atoms with Crippen molar-refractivity contribution in [1.82, 2.24) is 15.0 Å². The smallest absolute Gasteiger partial charge is 0.240 e. The van der Waals surface area contributed by atoms with E-state index in [1.54, 1.807) is 0 Å². The van der Waals surface area contributed by atoms with Gasteiger partial charge < -0.3 is 4.98 Å². The first-order chi connectivity index (χ1) is 15.9. The van der Waals surface area contributed by atoms with Crippen molar-refractivity contribution in [2.24, 2.45) is 4.99 Å². The minimum Gasteiger partial charge on any atom is -0.354 e. The van der Waals surface area contributed by atoms with E-state index in [1.807, 2.05) is 30.6 Å². The number of aromatic amines is 1. The Morgan fingerprint density at radius 3 is 2.19 bits per heavy atom. The lowest BCUT2D eigenvalue weighted by Gasteiger charge is -2.06. The lowest BCUT2D eigenvalue weighted by Crippen LogP contribution is -2.80. The van der Waals surface area contributed by atoms with E-state index < -0.39 is 0 Å². The number of amidine groups is 1. The van der Waals surface area contributed by atoms with E-state index >= 15 is 0 Å². The molecule has 0 unspecified atom stereocenters. The predicted octanol–water partition coefficient (Wildman–Crippen LogP) is 5.22. The van der Waals surface area contributed by atoms with Gasteiger partial charge in [0, 0.05) is 28.7 Å². The summed E-state index contributed by atoms with van der Waals surface area (Å²) in [4.78, 5) is 18.1. The summed E-state index contributed by atoms with van der Waals surface area (Å²) in [6.07, 6.45) is 3.64. The molecular weight excluding hydrogens is 394 g/mol. The van der Waals surface area contributed by atoms with Crippen LogP contribution in [0.2, 0.25) is 0 Å². The maximum atomic E-state index is 5.18. The third kappa shape index (κ3) is 2.40. The Morgan fingerprint density at radius 1 is 0.656 bits per heavy atom. The highest BCUT2D eigenvalue weighted by atomic mass is 15.1. The molecule has 32 heavy (non-hydrogen) atoms. The lowest BCUT2D eigenvalue weighted by atomic mass is 10.0. The first kappa shape index (κ1) is 17.3. The Balaban J connectivity index is 1.54. The number of H-pyrrole nitrogens is 1. The molecule has 0 atom stereocenters. The Kier molecular flexibility index (Phi) is 3.56. The lowest BCUT2D eigenvalue weighted by molar-refractivity contribution is -0.435. The van der Waals surface area contributed by atoms with Gasteiger partial charge in [0.15, 0.2) is 5.69 Å². The summed E-state index contributed by atoms with van der Waals surface area (Å²) >= 11 is 0. The number of quaternary nitrogens is 1. The molecule has 1 aliphatic heterocycles. The zero-order chi connectivity index (χ0) is 21.1. The summed E-state index contributed by atoms with van der Waals surface area (Å²) in [6, 6.07) is 27.0. The zero-order valence-electron chi connectivity index (χ0n) is 17.1. The summed E-state index contributed by atoms with van der Waals surface area (Å²) in [5.41, 5.74) is 8.33. The van der Waals surface area contributed by atoms with Crippen molar-refractivity contribution in [3.8, 4) is 11.3 Å². The van der Waals surface area contributed by atoms with Gasteiger partial charge in [-0.25, -0.2) is 0 Å². The van der Waals surface area contributed by atoms with E-state index in [2.05, 4.69) is 80.9 Å². The molecule has 4 heterocycles. The number of aromatic nitrogens is 3. The van der Waals surface area contributed by atoms with Gasteiger partial charge in [-0.15, -0.1) is 0 Å². The van der Waals surface area contributed by atoms with Gasteiger partial charge in [0.2, 0.25) is 5.84 Å². The van der Waals surface area contributed by atoms with Crippen LogP contribution in [0.15, 0.2) is 96.2 Å². The van der Waals surface area contributed by atoms with Crippen LogP contribution >= 0.6 is 0 Å². The van der Waals surface area contributed by atoms with E-state index in [4.69, 9.17) is 4.99 Å². The molecule has 3 aromatic carbocycles. The highest BCUT2D eigenvalue weighted by Gasteiger charge is 2.31. The quantitative estimate of drug-likeness (QED) is 0.302. The van der Waals surface area contributed by atoms with Gasteiger partial charge in [-0.1, -0.05) is 48.5 Å². The number of aliphatic imine (C=N–C) groups is 1. The molecule has 6 aromatic rings. The summed E-state index contributed by atoms with van der Waals surface area (Å²) in [5.74, 6) is 0.956. The molecular formula is C27H18N5+. The molecule has 0 fully saturated rings. The van der Waals surface area contributed by atoms with E-state index in [9.17, 15) is 0 Å². The number of para-hydroxylation sites is 1. The number of hydrogen-bond acceptors (Lipinski definition) is 3. The van der Waals surface area contributed by atoms with Crippen LogP contribution < -0.4 is 5.32 Å². The molecule has 150 valence electrons. The molecule has 7 rings (SSSR count). The van der Waals surface area contributed by atoms with E-state index in [0.717, 1.165) is 61.4 Å². The fourth-order valence-corrected chi connectivity index (χ4v) is 4.78. The molecule has 1 aliphatic rings. The van der Waals surface area contributed by atoms with Gasteiger partial charge in [0.1, 0.15) is 11.2 Å². The van der Waals surface area contributed by atoms with Crippen molar-refractivity contribution in [2.75, 3.05) is 0 Å². The van der Waals surface area contributed by atoms with Crippen molar-refractivity contribution < 1.29 is 5.32 Å². The Morgan fingerprint density at radius 2 is 1.34 bits per heavy atom. The van der Waals surface area contributed by atoms with Crippen LogP contribution in [0.25, 0.3) is 44.0 Å². The van der Waals surface area contributed by atoms with Crippen molar-refractivity contribution in [1.29, 1.82) is 0 Å². The molecule has 0 spiro atoms. The van der Waals surface area contributed by atoms with E-state index in [-0.39, 0.29) is 0 Å². The molecule has 0 aliphatic carbocycles. The molecule has 0 bridgehead atoms. The average molecular weight is 412 g/mol. The Hall–Kier alpha value is -4.35. The van der Waals surface area contributed by atoms with E-state index in [1.165, 1.54) is 5.39 Å². The summed E-state index contributed by atoms with van der Waals surface area (Å²) in [6.45, 7) is 0. The molecule has 0 amide bonds. The summed E-state index contributed by atoms with van der Waals surface area (Å²) in [7, 11) is 0. The van der Waals surface area contributed by atoms with Crippen molar-refractivity contribution in [3.63, 3.8) is 0 Å². The third-order valence-corrected chi connectivity index (χ3v) is 6.18. The number of nitrogens with one attached hydrogen (secondary N) is 1. The maximum Gasteiger partial charge on any atom is 0.240 e. The summed E-state index contributed by atoms with van der Waals surface area (Å²) < 4.78 is 0. The monoisotopic (exact) mass is 412 g/mol. The molecule has 0 saturated carbocycles. The van der Waals surface area contributed by atoms with Gasteiger partial charge in [0.25, 0.3) is 0 Å². The minimum absolute atomic E-state index is 0.891. The standard InChI is InChI=1S/C27H17N5/c1-2-8-16(9-3-1)22-21(17-10-4-5-13-20(17)30-22)27-31-25-18-11-6-14-28-23(18)24-19(26(25)32-27)12-7-15-29-24/h1-15,30H,(H,31,32)/p+1. The number of rotatable bonds is 2. The molecule has 3 aromatic heterocycles. The fraction of sp³-hybridized carbons (Fsp3) is 0. The highest BCUT2D eigenvalue weighted by molar-refractivity contribution is 6.20. The first-order valence-corrected chi connectivity index (χ1v) is 10.6. The fourth-order valence-electron chi connectivity index (χ4n) is 4.78. The van der Waals surface area contributed by atoms with Crippen molar-refractivity contribution in [2.45, 2.75) is 0 Å². The highest BCUT2D eigenvalue weighted by Crippen LogP contribution is 2.41. The third-order valence-electron chi connectivity index (χ3n) is 6.18. The van der Waals surface area contributed by atoms with Crippen LogP contribution in [0, 0.1) is 0 Å². The number of benzene rings is 3. The topological polar surface area (TPSA) is 70.5 Å². The van der Waals surface area contributed by atoms with E-state index in [0.29, 0.717) is 0 Å². The Labute approximate surface area is 183 Å². The molecule has 5 heteroatoms. The number of hydrogen-bond donors (Lipinski definition) is 2. The molecule has 5 nitrogen and oxygen atoms in total. The van der Waals surface area contributed by atoms with Gasteiger partial charge in [-0.3, -0.25) is 15.3 Å². The largest absolute Gasteiger partial charge is 0.354 e. The van der Waals surface area contributed by atoms with Gasteiger partial charge in [-0.05, 0) is 35.9 Å². The number of nitrogens with two attached hydrogens (primary N) is 1. The number of nitrogens with zero attached hydrogens (tertiary/aromatic N) is 3. The second kappa shape index (κ2) is 6.57. The SMILES string of the molecule is c1ccc(-c2[nH]c3ccccc3c2C2=Nc3c(c4cccnc4c4ncccc34)[NH2+]2)cc1. The van der Waals surface area contributed by atoms with Gasteiger partial charge >= 0.3 is 0 Å². The normalized spacial score (nSPS) is 13.1. The van der Waals surface area contributed by atoms with Crippen LogP contribution in [0.5, 0.6) is 0 Å². The number of pyridine rings is 2. The second-order valence-corrected chi connectivity index (χ2v) is 7.99. The molecule has 3 N–H and O–H groups in total. The molecule has 0 radical (unpaired) electrons. The van der Waals surface area contributed by atoms with Crippen LogP contribution in [0.1, 0.15) is 5.56 Å². The van der Waals surface area contributed by atoms with Crippen molar-refractivity contribution >= 4 is 49.9 Å². The Bertz CT molecular complexity index is 1700. The van der Waals surface area contributed by atoms with Crippen LogP contribution in [-0.4, -0.2) is 20.8 Å². The zero-order valence-corrected chi connectivity index (χ0v) is 17.1. The van der Waals surface area contributed by atoms with Crippen molar-refractivity contribution in [3.05, 3.63) is 96.8 Å². The first-order valence-electron chi connectivity index (χ1n) is 10.6. The van der Waals surface area contributed by atoms with Gasteiger partial charge in [-0.2, -0.15) is 4.99 Å². The maximum absolute atomic E-state index is 5.18. The van der Waals surface area contributed by atoms with Crippen LogP contribution in [0.4, 0.5) is 11.4 Å². The average Bonchev–Trinajstić information content (AvgIpc) is 3.47. The van der Waals surface area contributed by atoms with Gasteiger partial charge in [0.05, 0.1) is 22.2 Å². The summed E-state index contributed by atoms with van der Waals surface area (Å²) in [5, 5.41) is 5.47. The van der Waals surface area contributed by atoms with Crippen LogP contribution in [-0.2, 0) is 0 Å². The molecule has 0 saturated heterocycles. The van der Waals surface area contributed by atoms with Crippen LogP contribution in [0.3, 0.4) is 0 Å².